The molecule has 0 unspecified atom stereocenters. The standard InChI is InChI=1S/C20H19ClFN3O4/c1-13(26)14-4-5-17(16(22)11-14)24-7-9-25(10-8-24)18(27)12-29-20(28)15-3-2-6-23-19(15)21/h2-6,11H,7-10,12H2,1H3. The molecule has 9 heteroatoms. The molecule has 0 spiro atoms. The van der Waals surface area contributed by atoms with E-state index in [1.54, 1.807) is 23.1 Å². The Morgan fingerprint density at radius 3 is 2.52 bits per heavy atom. The Hall–Kier alpha value is -3.00. The number of ketones is 1. The number of hydrogen-bond acceptors (Lipinski definition) is 6. The highest BCUT2D eigenvalue weighted by Gasteiger charge is 2.24. The molecule has 1 aromatic heterocycles. The molecule has 1 amide bonds. The number of hydrogen-bond donors (Lipinski definition) is 0. The van der Waals surface area contributed by atoms with Crippen molar-refractivity contribution in [2.45, 2.75) is 6.92 Å². The molecular weight excluding hydrogens is 401 g/mol. The van der Waals surface area contributed by atoms with E-state index in [2.05, 4.69) is 4.98 Å². The number of aromatic nitrogens is 1. The number of ether oxygens (including phenoxy) is 1. The van der Waals surface area contributed by atoms with Gasteiger partial charge in [0.2, 0.25) is 0 Å². The van der Waals surface area contributed by atoms with Gasteiger partial charge in [0, 0.05) is 37.9 Å². The second-order valence-corrected chi connectivity index (χ2v) is 6.87. The van der Waals surface area contributed by atoms with E-state index < -0.39 is 18.4 Å². The third-order valence-corrected chi connectivity index (χ3v) is 4.93. The van der Waals surface area contributed by atoms with Gasteiger partial charge in [-0.3, -0.25) is 9.59 Å². The first-order chi connectivity index (χ1) is 13.9. The fraction of sp³-hybridized carbons (Fsp3) is 0.300. The highest BCUT2D eigenvalue weighted by Crippen LogP contribution is 2.22. The van der Waals surface area contributed by atoms with E-state index in [0.29, 0.717) is 37.4 Å². The van der Waals surface area contributed by atoms with Crippen molar-refractivity contribution in [1.29, 1.82) is 0 Å². The van der Waals surface area contributed by atoms with Crippen LogP contribution in [0.2, 0.25) is 5.15 Å². The highest BCUT2D eigenvalue weighted by molar-refractivity contribution is 6.32. The van der Waals surface area contributed by atoms with Crippen LogP contribution in [0.3, 0.4) is 0 Å². The number of esters is 1. The molecule has 0 bridgehead atoms. The molecule has 7 nitrogen and oxygen atoms in total. The summed E-state index contributed by atoms with van der Waals surface area (Å²) in [5.41, 5.74) is 0.798. The molecule has 1 aliphatic heterocycles. The third-order valence-electron chi connectivity index (χ3n) is 4.63. The van der Waals surface area contributed by atoms with Gasteiger partial charge in [-0.25, -0.2) is 14.2 Å². The number of benzene rings is 1. The summed E-state index contributed by atoms with van der Waals surface area (Å²) in [4.78, 5) is 42.8. The Bertz CT molecular complexity index is 945. The fourth-order valence-corrected chi connectivity index (χ4v) is 3.21. The highest BCUT2D eigenvalue weighted by atomic mass is 35.5. The molecule has 152 valence electrons. The van der Waals surface area contributed by atoms with Crippen molar-refractivity contribution in [3.05, 3.63) is 58.6 Å². The summed E-state index contributed by atoms with van der Waals surface area (Å²) >= 11 is 5.84. The number of anilines is 1. The summed E-state index contributed by atoms with van der Waals surface area (Å²) in [6.45, 7) is 2.53. The zero-order chi connectivity index (χ0) is 21.0. The minimum absolute atomic E-state index is 0.0105. The molecule has 0 N–H and O–H groups in total. The summed E-state index contributed by atoms with van der Waals surface area (Å²) in [5, 5.41) is 0.0105. The van der Waals surface area contributed by atoms with Crippen LogP contribution in [0.4, 0.5) is 10.1 Å². The predicted octanol–water partition coefficient (Wildman–Crippen LogP) is 2.58. The summed E-state index contributed by atoms with van der Waals surface area (Å²) < 4.78 is 19.3. The van der Waals surface area contributed by atoms with E-state index in [-0.39, 0.29) is 22.4 Å². The first kappa shape index (κ1) is 20.7. The maximum atomic E-state index is 14.3. The monoisotopic (exact) mass is 419 g/mol. The van der Waals surface area contributed by atoms with Gasteiger partial charge in [-0.15, -0.1) is 0 Å². The number of halogens is 2. The number of rotatable bonds is 5. The van der Waals surface area contributed by atoms with Crippen molar-refractivity contribution in [2.75, 3.05) is 37.7 Å². The van der Waals surface area contributed by atoms with Gasteiger partial charge < -0.3 is 14.5 Å². The Morgan fingerprint density at radius 2 is 1.90 bits per heavy atom. The van der Waals surface area contributed by atoms with E-state index in [4.69, 9.17) is 16.3 Å². The molecule has 1 fully saturated rings. The van der Waals surface area contributed by atoms with Crippen molar-refractivity contribution in [3.63, 3.8) is 0 Å². The topological polar surface area (TPSA) is 79.8 Å². The minimum atomic E-state index is -0.720. The average Bonchev–Trinajstić information content (AvgIpc) is 2.72. The smallest absolute Gasteiger partial charge is 0.341 e. The first-order valence-electron chi connectivity index (χ1n) is 8.97. The van der Waals surface area contributed by atoms with Gasteiger partial charge >= 0.3 is 5.97 Å². The van der Waals surface area contributed by atoms with Gasteiger partial charge in [0.15, 0.2) is 12.4 Å². The van der Waals surface area contributed by atoms with Gasteiger partial charge in [0.05, 0.1) is 11.3 Å². The van der Waals surface area contributed by atoms with Crippen LogP contribution in [0.1, 0.15) is 27.6 Å². The second-order valence-electron chi connectivity index (χ2n) is 6.51. The Morgan fingerprint density at radius 1 is 1.17 bits per heavy atom. The van der Waals surface area contributed by atoms with E-state index in [9.17, 15) is 18.8 Å². The summed E-state index contributed by atoms with van der Waals surface area (Å²) in [6, 6.07) is 7.39. The third kappa shape index (κ3) is 4.89. The van der Waals surface area contributed by atoms with E-state index in [1.165, 1.54) is 25.3 Å². The molecule has 2 aromatic rings. The van der Waals surface area contributed by atoms with Gasteiger partial charge in [0.1, 0.15) is 11.0 Å². The molecule has 1 aliphatic rings. The normalized spacial score (nSPS) is 13.9. The Labute approximate surface area is 172 Å². The van der Waals surface area contributed by atoms with Crippen LogP contribution in [0.5, 0.6) is 0 Å². The molecule has 0 radical (unpaired) electrons. The zero-order valence-corrected chi connectivity index (χ0v) is 16.5. The Kier molecular flexibility index (Phi) is 6.43. The molecule has 29 heavy (non-hydrogen) atoms. The molecule has 1 saturated heterocycles. The number of piperazine rings is 1. The van der Waals surface area contributed by atoms with Crippen molar-refractivity contribution >= 4 is 34.9 Å². The number of nitrogens with zero attached hydrogens (tertiary/aromatic N) is 3. The number of carbonyl (C=O) groups is 3. The van der Waals surface area contributed by atoms with E-state index in [0.717, 1.165) is 0 Å². The SMILES string of the molecule is CC(=O)c1ccc(N2CCN(C(=O)COC(=O)c3cccnc3Cl)CC2)c(F)c1. The van der Waals surface area contributed by atoms with Gasteiger partial charge in [0.25, 0.3) is 5.91 Å². The maximum absolute atomic E-state index is 14.3. The lowest BCUT2D eigenvalue weighted by Gasteiger charge is -2.36. The van der Waals surface area contributed by atoms with Crippen LogP contribution in [-0.4, -0.2) is 60.3 Å². The van der Waals surface area contributed by atoms with Crippen LogP contribution in [0.15, 0.2) is 36.5 Å². The largest absolute Gasteiger partial charge is 0.452 e. The molecule has 2 heterocycles. The number of amides is 1. The molecule has 0 saturated carbocycles. The van der Waals surface area contributed by atoms with Crippen LogP contribution < -0.4 is 4.90 Å². The van der Waals surface area contributed by atoms with Gasteiger partial charge in [-0.1, -0.05) is 11.6 Å². The lowest BCUT2D eigenvalue weighted by atomic mass is 10.1. The molecule has 3 rings (SSSR count). The van der Waals surface area contributed by atoms with Crippen LogP contribution >= 0.6 is 11.6 Å². The second kappa shape index (κ2) is 9.00. The Balaban J connectivity index is 1.53. The zero-order valence-electron chi connectivity index (χ0n) is 15.7. The van der Waals surface area contributed by atoms with Crippen LogP contribution in [0, 0.1) is 5.82 Å². The van der Waals surface area contributed by atoms with Crippen molar-refractivity contribution in [1.82, 2.24) is 9.88 Å². The lowest BCUT2D eigenvalue weighted by molar-refractivity contribution is -0.134. The van der Waals surface area contributed by atoms with Crippen molar-refractivity contribution < 1.29 is 23.5 Å². The van der Waals surface area contributed by atoms with Crippen LogP contribution in [-0.2, 0) is 9.53 Å². The quantitative estimate of drug-likeness (QED) is 0.421. The predicted molar refractivity (Wildman–Crippen MR) is 105 cm³/mol. The molecule has 0 aliphatic carbocycles. The minimum Gasteiger partial charge on any atom is -0.452 e. The number of pyridine rings is 1. The van der Waals surface area contributed by atoms with Crippen molar-refractivity contribution in [2.24, 2.45) is 0 Å². The van der Waals surface area contributed by atoms with E-state index in [1.807, 2.05) is 4.90 Å². The average molecular weight is 420 g/mol. The molecule has 0 atom stereocenters. The lowest BCUT2D eigenvalue weighted by Crippen LogP contribution is -2.50. The van der Waals surface area contributed by atoms with E-state index >= 15 is 0 Å². The first-order valence-corrected chi connectivity index (χ1v) is 9.35. The molecule has 1 aromatic carbocycles. The van der Waals surface area contributed by atoms with Gasteiger partial charge in [-0.05, 0) is 37.3 Å². The fourth-order valence-electron chi connectivity index (χ4n) is 3.01. The molecular formula is C20H19ClFN3O4. The number of carbonyl (C=O) groups excluding carboxylic acids is 3. The van der Waals surface area contributed by atoms with Crippen molar-refractivity contribution in [3.8, 4) is 0 Å². The summed E-state index contributed by atoms with van der Waals surface area (Å²) in [5.74, 6) is -1.74. The van der Waals surface area contributed by atoms with Crippen LogP contribution in [0.25, 0.3) is 0 Å². The van der Waals surface area contributed by atoms with Gasteiger partial charge in [-0.2, -0.15) is 0 Å². The summed E-state index contributed by atoms with van der Waals surface area (Å²) in [6.07, 6.45) is 1.44. The summed E-state index contributed by atoms with van der Waals surface area (Å²) in [7, 11) is 0. The maximum Gasteiger partial charge on any atom is 0.341 e. The number of Topliss-reactive ketones (excluding diaryl/α,β-unsaturated/α-hetero) is 1.